The molecule has 1 aromatic heterocycles. The van der Waals surface area contributed by atoms with Crippen LogP contribution in [-0.2, 0) is 29.2 Å². The van der Waals surface area contributed by atoms with E-state index in [1.807, 2.05) is 48.7 Å². The van der Waals surface area contributed by atoms with Crippen molar-refractivity contribution in [2.24, 2.45) is 0 Å². The standard InChI is InChI=1S/C26H29N3O3S/c1-20-28-24(19-33-20)18-32-25-8-5-21(6-9-25)7-10-26(30)27-16-22-3-2-4-23(15-22)17-29-11-13-31-14-12-29/h2-10,15,19H,11-14,16-18H2,1H3,(H,27,30)/b10-7+. The van der Waals surface area contributed by atoms with Crippen LogP contribution < -0.4 is 10.1 Å². The van der Waals surface area contributed by atoms with Crippen LogP contribution >= 0.6 is 11.3 Å². The van der Waals surface area contributed by atoms with Gasteiger partial charge in [0.2, 0.25) is 5.91 Å². The minimum Gasteiger partial charge on any atom is -0.487 e. The summed E-state index contributed by atoms with van der Waals surface area (Å²) in [6.45, 7) is 7.37. The smallest absolute Gasteiger partial charge is 0.244 e. The third kappa shape index (κ3) is 7.53. The first-order valence-corrected chi connectivity index (χ1v) is 12.0. The van der Waals surface area contributed by atoms with Crippen molar-refractivity contribution in [3.63, 3.8) is 0 Å². The number of thiazole rings is 1. The van der Waals surface area contributed by atoms with Gasteiger partial charge in [-0.3, -0.25) is 9.69 Å². The van der Waals surface area contributed by atoms with Gasteiger partial charge >= 0.3 is 0 Å². The molecule has 0 radical (unpaired) electrons. The number of hydrogen-bond acceptors (Lipinski definition) is 6. The van der Waals surface area contributed by atoms with E-state index in [1.165, 1.54) is 5.56 Å². The number of aromatic nitrogens is 1. The maximum Gasteiger partial charge on any atom is 0.244 e. The van der Waals surface area contributed by atoms with E-state index in [0.717, 1.165) is 60.4 Å². The Hall–Kier alpha value is -3.00. The molecule has 6 nitrogen and oxygen atoms in total. The third-order valence-electron chi connectivity index (χ3n) is 5.33. The zero-order valence-corrected chi connectivity index (χ0v) is 19.6. The van der Waals surface area contributed by atoms with Crippen molar-refractivity contribution >= 4 is 23.3 Å². The van der Waals surface area contributed by atoms with E-state index in [4.69, 9.17) is 9.47 Å². The first-order chi connectivity index (χ1) is 16.1. The van der Waals surface area contributed by atoms with Crippen LogP contribution in [0.2, 0.25) is 0 Å². The quantitative estimate of drug-likeness (QED) is 0.482. The van der Waals surface area contributed by atoms with E-state index in [0.29, 0.717) is 13.2 Å². The second-order valence-corrected chi connectivity index (χ2v) is 9.04. The number of rotatable bonds is 9. The summed E-state index contributed by atoms with van der Waals surface area (Å²) in [5.74, 6) is 0.659. The Morgan fingerprint density at radius 3 is 2.73 bits per heavy atom. The molecule has 33 heavy (non-hydrogen) atoms. The van der Waals surface area contributed by atoms with Gasteiger partial charge in [0.25, 0.3) is 0 Å². The summed E-state index contributed by atoms with van der Waals surface area (Å²) in [5, 5.41) is 6.00. The van der Waals surface area contributed by atoms with Crippen LogP contribution in [0.4, 0.5) is 0 Å². The number of benzene rings is 2. The fourth-order valence-electron chi connectivity index (χ4n) is 3.58. The van der Waals surface area contributed by atoms with Crippen molar-refractivity contribution < 1.29 is 14.3 Å². The average molecular weight is 464 g/mol. The van der Waals surface area contributed by atoms with Crippen molar-refractivity contribution in [3.8, 4) is 5.75 Å². The summed E-state index contributed by atoms with van der Waals surface area (Å²) in [6, 6.07) is 16.0. The highest BCUT2D eigenvalue weighted by atomic mass is 32.1. The first-order valence-electron chi connectivity index (χ1n) is 11.1. The van der Waals surface area contributed by atoms with Gasteiger partial charge in [-0.2, -0.15) is 0 Å². The van der Waals surface area contributed by atoms with Crippen molar-refractivity contribution in [1.82, 2.24) is 15.2 Å². The molecule has 1 saturated heterocycles. The minimum absolute atomic E-state index is 0.118. The fourth-order valence-corrected chi connectivity index (χ4v) is 4.18. The summed E-state index contributed by atoms with van der Waals surface area (Å²) < 4.78 is 11.2. The Bertz CT molecular complexity index is 1070. The van der Waals surface area contributed by atoms with Crippen molar-refractivity contribution in [1.29, 1.82) is 0 Å². The summed E-state index contributed by atoms with van der Waals surface area (Å²) in [6.07, 6.45) is 3.36. The number of carbonyl (C=O) groups excluding carboxylic acids is 1. The lowest BCUT2D eigenvalue weighted by atomic mass is 10.1. The largest absolute Gasteiger partial charge is 0.487 e. The van der Waals surface area contributed by atoms with Crippen molar-refractivity contribution in [3.05, 3.63) is 87.4 Å². The highest BCUT2D eigenvalue weighted by Crippen LogP contribution is 2.16. The molecule has 1 aliphatic heterocycles. The van der Waals surface area contributed by atoms with Gasteiger partial charge < -0.3 is 14.8 Å². The van der Waals surface area contributed by atoms with E-state index in [1.54, 1.807) is 23.5 Å². The summed E-state index contributed by atoms with van der Waals surface area (Å²) in [4.78, 5) is 19.1. The molecule has 2 aromatic carbocycles. The van der Waals surface area contributed by atoms with E-state index >= 15 is 0 Å². The number of hydrogen-bond donors (Lipinski definition) is 1. The molecule has 1 aliphatic rings. The first kappa shape index (κ1) is 23.2. The van der Waals surface area contributed by atoms with E-state index in [2.05, 4.69) is 27.3 Å². The number of morpholine rings is 1. The summed E-state index contributed by atoms with van der Waals surface area (Å²) >= 11 is 1.62. The molecule has 172 valence electrons. The SMILES string of the molecule is Cc1nc(COc2ccc(/C=C/C(=O)NCc3cccc(CN4CCOCC4)c3)cc2)cs1. The molecular formula is C26H29N3O3S. The molecule has 3 aromatic rings. The highest BCUT2D eigenvalue weighted by molar-refractivity contribution is 7.09. The van der Waals surface area contributed by atoms with Gasteiger partial charge in [0.1, 0.15) is 12.4 Å². The molecule has 1 amide bonds. The molecule has 1 N–H and O–H groups in total. The van der Waals surface area contributed by atoms with Crippen LogP contribution in [0.25, 0.3) is 6.08 Å². The number of nitrogens with one attached hydrogen (secondary N) is 1. The van der Waals surface area contributed by atoms with Gasteiger partial charge in [0.15, 0.2) is 0 Å². The number of carbonyl (C=O) groups is 1. The topological polar surface area (TPSA) is 63.7 Å². The Labute approximate surface area is 198 Å². The zero-order chi connectivity index (χ0) is 22.9. The average Bonchev–Trinajstić information content (AvgIpc) is 3.27. The lowest BCUT2D eigenvalue weighted by Gasteiger charge is -2.26. The maximum absolute atomic E-state index is 12.3. The summed E-state index contributed by atoms with van der Waals surface area (Å²) in [7, 11) is 0. The predicted octanol–water partition coefficient (Wildman–Crippen LogP) is 4.19. The van der Waals surface area contributed by atoms with Crippen molar-refractivity contribution in [2.45, 2.75) is 26.6 Å². The minimum atomic E-state index is -0.118. The van der Waals surface area contributed by atoms with E-state index in [-0.39, 0.29) is 5.91 Å². The predicted molar refractivity (Wildman–Crippen MR) is 131 cm³/mol. The van der Waals surface area contributed by atoms with Crippen LogP contribution in [0.1, 0.15) is 27.4 Å². The van der Waals surface area contributed by atoms with Gasteiger partial charge in [-0.25, -0.2) is 4.98 Å². The molecule has 0 unspecified atom stereocenters. The Morgan fingerprint density at radius 2 is 1.97 bits per heavy atom. The third-order valence-corrected chi connectivity index (χ3v) is 6.15. The van der Waals surface area contributed by atoms with Gasteiger partial charge in [-0.15, -0.1) is 11.3 Å². The van der Waals surface area contributed by atoms with Crippen molar-refractivity contribution in [2.75, 3.05) is 26.3 Å². The Kier molecular flexibility index (Phi) is 8.24. The van der Waals surface area contributed by atoms with E-state index < -0.39 is 0 Å². The van der Waals surface area contributed by atoms with Crippen LogP contribution in [0.5, 0.6) is 5.75 Å². The van der Waals surface area contributed by atoms with Gasteiger partial charge in [0, 0.05) is 37.6 Å². The lowest BCUT2D eigenvalue weighted by Crippen LogP contribution is -2.35. The normalized spacial score (nSPS) is 14.5. The molecule has 0 saturated carbocycles. The maximum atomic E-state index is 12.3. The molecular weight excluding hydrogens is 434 g/mol. The molecule has 0 atom stereocenters. The molecule has 7 heteroatoms. The molecule has 2 heterocycles. The summed E-state index contributed by atoms with van der Waals surface area (Å²) in [5.41, 5.74) is 4.23. The molecule has 0 spiro atoms. The number of ether oxygens (including phenoxy) is 2. The Balaban J connectivity index is 1.22. The monoisotopic (exact) mass is 463 g/mol. The van der Waals surface area contributed by atoms with Gasteiger partial charge in [-0.1, -0.05) is 36.4 Å². The highest BCUT2D eigenvalue weighted by Gasteiger charge is 2.10. The zero-order valence-electron chi connectivity index (χ0n) is 18.8. The second-order valence-electron chi connectivity index (χ2n) is 7.98. The fraction of sp³-hybridized carbons (Fsp3) is 0.308. The van der Waals surface area contributed by atoms with Crippen LogP contribution in [-0.4, -0.2) is 42.1 Å². The Morgan fingerprint density at radius 1 is 1.18 bits per heavy atom. The van der Waals surface area contributed by atoms with E-state index in [9.17, 15) is 4.79 Å². The van der Waals surface area contributed by atoms with Crippen LogP contribution in [0, 0.1) is 6.92 Å². The lowest BCUT2D eigenvalue weighted by molar-refractivity contribution is -0.116. The second kappa shape index (κ2) is 11.7. The number of amides is 1. The van der Waals surface area contributed by atoms with Crippen LogP contribution in [0.3, 0.4) is 0 Å². The molecule has 1 fully saturated rings. The van der Waals surface area contributed by atoms with Gasteiger partial charge in [0.05, 0.1) is 23.9 Å². The molecule has 0 bridgehead atoms. The number of nitrogens with zero attached hydrogens (tertiary/aromatic N) is 2. The molecule has 4 rings (SSSR count). The number of aryl methyl sites for hydroxylation is 1. The van der Waals surface area contributed by atoms with Crippen LogP contribution in [0.15, 0.2) is 60.0 Å². The van der Waals surface area contributed by atoms with Gasteiger partial charge in [-0.05, 0) is 41.8 Å². The molecule has 0 aliphatic carbocycles.